The third kappa shape index (κ3) is 3.54. The number of benzene rings is 2. The highest BCUT2D eigenvalue weighted by atomic mass is 32.2. The van der Waals surface area contributed by atoms with E-state index in [-0.39, 0.29) is 5.91 Å². The normalized spacial score (nSPS) is 11.3. The molecular formula is C20H14N4OS3. The van der Waals surface area contributed by atoms with Crippen molar-refractivity contribution in [1.82, 2.24) is 14.4 Å². The topological polar surface area (TPSA) is 59.3 Å². The van der Waals surface area contributed by atoms with Gasteiger partial charge in [0, 0.05) is 29.0 Å². The molecule has 0 saturated carbocycles. The molecule has 0 radical (unpaired) electrons. The van der Waals surface area contributed by atoms with Crippen LogP contribution < -0.4 is 5.32 Å². The van der Waals surface area contributed by atoms with Crippen molar-refractivity contribution in [2.24, 2.45) is 0 Å². The van der Waals surface area contributed by atoms with Gasteiger partial charge in [0.05, 0.1) is 21.7 Å². The van der Waals surface area contributed by atoms with Gasteiger partial charge in [-0.25, -0.2) is 9.97 Å². The number of aromatic nitrogens is 3. The molecular weight excluding hydrogens is 408 g/mol. The first-order valence-electron chi connectivity index (χ1n) is 8.55. The number of para-hydroxylation sites is 1. The molecule has 3 heterocycles. The highest BCUT2D eigenvalue weighted by Crippen LogP contribution is 2.29. The predicted octanol–water partition coefficient (Wildman–Crippen LogP) is 5.40. The molecule has 2 aromatic carbocycles. The molecule has 138 valence electrons. The van der Waals surface area contributed by atoms with E-state index in [4.69, 9.17) is 0 Å². The summed E-state index contributed by atoms with van der Waals surface area (Å²) >= 11 is 4.67. The second-order valence-corrected chi connectivity index (χ2v) is 9.21. The van der Waals surface area contributed by atoms with Crippen molar-refractivity contribution in [1.29, 1.82) is 0 Å². The van der Waals surface area contributed by atoms with Crippen molar-refractivity contribution < 1.29 is 4.79 Å². The van der Waals surface area contributed by atoms with Gasteiger partial charge in [0.1, 0.15) is 0 Å². The largest absolute Gasteiger partial charge is 0.325 e. The number of fused-ring (bicyclic) bond motifs is 2. The van der Waals surface area contributed by atoms with Crippen LogP contribution in [0.4, 0.5) is 5.69 Å². The monoisotopic (exact) mass is 422 g/mol. The summed E-state index contributed by atoms with van der Waals surface area (Å²) in [6.07, 6.45) is 3.98. The lowest BCUT2D eigenvalue weighted by Gasteiger charge is -2.06. The second-order valence-electron chi connectivity index (χ2n) is 6.08. The fourth-order valence-electron chi connectivity index (χ4n) is 2.86. The zero-order chi connectivity index (χ0) is 18.9. The van der Waals surface area contributed by atoms with Gasteiger partial charge in [0.15, 0.2) is 9.30 Å². The molecule has 0 spiro atoms. The quantitative estimate of drug-likeness (QED) is 0.385. The molecule has 0 fully saturated rings. The molecule has 0 aliphatic rings. The molecule has 5 nitrogen and oxygen atoms in total. The minimum absolute atomic E-state index is 0.0489. The van der Waals surface area contributed by atoms with Crippen molar-refractivity contribution in [3.63, 3.8) is 0 Å². The summed E-state index contributed by atoms with van der Waals surface area (Å²) in [7, 11) is 0. The SMILES string of the molecule is O=C(CSc1nc2ccccc2s1)Nc1cccc(-c2cn3ccsc3n2)c1. The highest BCUT2D eigenvalue weighted by molar-refractivity contribution is 8.01. The zero-order valence-electron chi connectivity index (χ0n) is 14.5. The molecule has 5 rings (SSSR count). The summed E-state index contributed by atoms with van der Waals surface area (Å²) in [4.78, 5) is 22.5. The van der Waals surface area contributed by atoms with Crippen LogP contribution in [0, 0.1) is 0 Å². The minimum atomic E-state index is -0.0489. The van der Waals surface area contributed by atoms with Crippen LogP contribution in [0.25, 0.3) is 26.4 Å². The van der Waals surface area contributed by atoms with Gasteiger partial charge in [-0.15, -0.1) is 22.7 Å². The molecule has 0 aliphatic heterocycles. The van der Waals surface area contributed by atoms with Crippen molar-refractivity contribution in [2.45, 2.75) is 4.34 Å². The Morgan fingerprint density at radius 2 is 2.07 bits per heavy atom. The molecule has 5 aromatic rings. The van der Waals surface area contributed by atoms with Crippen molar-refractivity contribution >= 4 is 61.2 Å². The fraction of sp³-hybridized carbons (Fsp3) is 0.0500. The summed E-state index contributed by atoms with van der Waals surface area (Å²) in [6, 6.07) is 15.8. The number of hydrogen-bond donors (Lipinski definition) is 1. The number of thioether (sulfide) groups is 1. The first-order valence-corrected chi connectivity index (χ1v) is 11.2. The van der Waals surface area contributed by atoms with Gasteiger partial charge in [-0.05, 0) is 24.3 Å². The smallest absolute Gasteiger partial charge is 0.234 e. The fourth-order valence-corrected chi connectivity index (χ4v) is 5.43. The molecule has 1 N–H and O–H groups in total. The van der Waals surface area contributed by atoms with Gasteiger partial charge in [-0.3, -0.25) is 9.20 Å². The Labute approximate surface area is 173 Å². The number of carbonyl (C=O) groups is 1. The first kappa shape index (κ1) is 17.4. The Kier molecular flexibility index (Phi) is 4.59. The second kappa shape index (κ2) is 7.38. The number of hydrogen-bond acceptors (Lipinski definition) is 6. The van der Waals surface area contributed by atoms with Crippen LogP contribution in [0.2, 0.25) is 0 Å². The van der Waals surface area contributed by atoms with Crippen LogP contribution in [0.15, 0.2) is 70.6 Å². The Morgan fingerprint density at radius 1 is 1.14 bits per heavy atom. The third-order valence-corrected chi connectivity index (χ3v) is 7.09. The summed E-state index contributed by atoms with van der Waals surface area (Å²) in [5.74, 6) is 0.275. The van der Waals surface area contributed by atoms with E-state index in [9.17, 15) is 4.79 Å². The van der Waals surface area contributed by atoms with Crippen LogP contribution in [0.3, 0.4) is 0 Å². The van der Waals surface area contributed by atoms with Gasteiger partial charge in [0.25, 0.3) is 0 Å². The summed E-state index contributed by atoms with van der Waals surface area (Å²) in [6.45, 7) is 0. The van der Waals surface area contributed by atoms with Gasteiger partial charge in [0.2, 0.25) is 5.91 Å². The van der Waals surface area contributed by atoms with E-state index < -0.39 is 0 Å². The van der Waals surface area contributed by atoms with E-state index in [1.165, 1.54) is 11.8 Å². The number of rotatable bonds is 5. The Hall–Kier alpha value is -2.68. The third-order valence-electron chi connectivity index (χ3n) is 4.14. The molecule has 1 amide bonds. The lowest BCUT2D eigenvalue weighted by atomic mass is 10.1. The Balaban J connectivity index is 1.26. The van der Waals surface area contributed by atoms with E-state index in [0.717, 1.165) is 36.5 Å². The van der Waals surface area contributed by atoms with E-state index in [2.05, 4.69) is 15.3 Å². The average Bonchev–Trinajstić information content (AvgIpc) is 3.40. The highest BCUT2D eigenvalue weighted by Gasteiger charge is 2.10. The number of amides is 1. The Morgan fingerprint density at radius 3 is 2.96 bits per heavy atom. The molecule has 0 aliphatic carbocycles. The van der Waals surface area contributed by atoms with Crippen LogP contribution in [0.1, 0.15) is 0 Å². The first-order chi connectivity index (χ1) is 13.7. The summed E-state index contributed by atoms with van der Waals surface area (Å²) in [5, 5.41) is 4.97. The van der Waals surface area contributed by atoms with Crippen LogP contribution in [0.5, 0.6) is 0 Å². The van der Waals surface area contributed by atoms with Crippen LogP contribution in [-0.4, -0.2) is 26.0 Å². The van der Waals surface area contributed by atoms with Crippen LogP contribution in [-0.2, 0) is 4.79 Å². The molecule has 0 unspecified atom stereocenters. The molecule has 0 saturated heterocycles. The number of nitrogens with one attached hydrogen (secondary N) is 1. The van der Waals surface area contributed by atoms with E-state index in [1.807, 2.05) is 70.7 Å². The number of imidazole rings is 1. The van der Waals surface area contributed by atoms with Gasteiger partial charge < -0.3 is 5.32 Å². The van der Waals surface area contributed by atoms with Crippen molar-refractivity contribution in [2.75, 3.05) is 11.1 Å². The average molecular weight is 423 g/mol. The predicted molar refractivity (Wildman–Crippen MR) is 117 cm³/mol. The van der Waals surface area contributed by atoms with E-state index in [0.29, 0.717) is 5.75 Å². The minimum Gasteiger partial charge on any atom is -0.325 e. The molecule has 0 bridgehead atoms. The number of anilines is 1. The molecule has 28 heavy (non-hydrogen) atoms. The van der Waals surface area contributed by atoms with Crippen molar-refractivity contribution in [3.05, 3.63) is 66.3 Å². The maximum absolute atomic E-state index is 12.4. The standard InChI is InChI=1S/C20H14N4OS3/c25-18(12-27-20-23-15-6-1-2-7-17(15)28-20)21-14-5-3-4-13(10-14)16-11-24-8-9-26-19(24)22-16/h1-11H,12H2,(H,21,25). The Bertz CT molecular complexity index is 1230. The lowest BCUT2D eigenvalue weighted by Crippen LogP contribution is -2.13. The van der Waals surface area contributed by atoms with Gasteiger partial charge >= 0.3 is 0 Å². The molecule has 3 aromatic heterocycles. The van der Waals surface area contributed by atoms with Gasteiger partial charge in [-0.1, -0.05) is 36.0 Å². The lowest BCUT2D eigenvalue weighted by molar-refractivity contribution is -0.113. The molecule has 8 heteroatoms. The van der Waals surface area contributed by atoms with Crippen molar-refractivity contribution in [3.8, 4) is 11.3 Å². The summed E-state index contributed by atoms with van der Waals surface area (Å²) < 4.78 is 4.04. The van der Waals surface area contributed by atoms with E-state index in [1.54, 1.807) is 22.7 Å². The number of carbonyl (C=O) groups excluding carboxylic acids is 1. The number of nitrogens with zero attached hydrogens (tertiary/aromatic N) is 3. The molecule has 0 atom stereocenters. The summed E-state index contributed by atoms with van der Waals surface area (Å²) in [5.41, 5.74) is 3.62. The number of thiazole rings is 2. The zero-order valence-corrected chi connectivity index (χ0v) is 17.0. The maximum Gasteiger partial charge on any atom is 0.234 e. The maximum atomic E-state index is 12.4. The van der Waals surface area contributed by atoms with Crippen LogP contribution >= 0.6 is 34.4 Å². The van der Waals surface area contributed by atoms with Gasteiger partial charge in [-0.2, -0.15) is 0 Å². The van der Waals surface area contributed by atoms with E-state index >= 15 is 0 Å².